The molecule has 7 aromatic rings. The number of carbonyl (C=O) groups excluding carboxylic acids is 2. The Bertz CT molecular complexity index is 2950. The van der Waals surface area contributed by atoms with Crippen LogP contribution in [-0.4, -0.2) is 128 Å². The Morgan fingerprint density at radius 1 is 0.613 bits per heavy atom. The summed E-state index contributed by atoms with van der Waals surface area (Å²) in [7, 11) is 5.93. The summed E-state index contributed by atoms with van der Waals surface area (Å²) in [6.45, 7) is 11.0. The van der Waals surface area contributed by atoms with E-state index in [4.69, 9.17) is 5.53 Å². The minimum absolute atomic E-state index is 0. The third kappa shape index (κ3) is 14.9. The van der Waals surface area contributed by atoms with Gasteiger partial charge in [0.2, 0.25) is 11.8 Å². The molecule has 2 fully saturated rings. The van der Waals surface area contributed by atoms with Crippen LogP contribution in [0.25, 0.3) is 10.4 Å². The van der Waals surface area contributed by atoms with Gasteiger partial charge in [-0.05, 0) is 122 Å². The molecule has 0 aliphatic carbocycles. The summed E-state index contributed by atoms with van der Waals surface area (Å²) in [5, 5.41) is 25.4. The Hall–Kier alpha value is -7.00. The number of aromatic amines is 1. The number of hydrogen-bond acceptors (Lipinski definition) is 9. The van der Waals surface area contributed by atoms with Crippen molar-refractivity contribution in [2.75, 3.05) is 67.5 Å². The molecule has 0 unspecified atom stereocenters. The Morgan fingerprint density at radius 3 is 1.24 bits per heavy atom. The lowest BCUT2D eigenvalue weighted by atomic mass is 9.70. The maximum Gasteiger partial charge on any atom is 0.237 e. The third-order valence-electron chi connectivity index (χ3n) is 15.6. The fraction of sp³-hybridized carbons (Fsp3) is 0.375. The number of benzene rings is 6. The number of halogens is 1. The molecular weight excluding hydrogens is 1120 g/mol. The second-order valence-electron chi connectivity index (χ2n) is 22.0. The maximum atomic E-state index is 14.0. The number of nitrogens with zero attached hydrogens (tertiary/aromatic N) is 11. The van der Waals surface area contributed by atoms with Gasteiger partial charge in [0.1, 0.15) is 19.1 Å². The molecule has 2 aliphatic heterocycles. The molecule has 16 heteroatoms. The van der Waals surface area contributed by atoms with Crippen LogP contribution >= 0.6 is 24.0 Å². The normalized spacial score (nSPS) is 15.0. The van der Waals surface area contributed by atoms with Gasteiger partial charge in [-0.2, -0.15) is 10.5 Å². The zero-order valence-corrected chi connectivity index (χ0v) is 50.3. The molecule has 80 heavy (non-hydrogen) atoms. The quantitative estimate of drug-likeness (QED) is 0.0327. The predicted molar refractivity (Wildman–Crippen MR) is 335 cm³/mol. The third-order valence-corrected chi connectivity index (χ3v) is 16.3. The number of nitriles is 1. The average molecular weight is 1210 g/mol. The van der Waals surface area contributed by atoms with Gasteiger partial charge >= 0.3 is 0 Å². The van der Waals surface area contributed by atoms with E-state index in [1.807, 2.05) is 145 Å². The van der Waals surface area contributed by atoms with Gasteiger partial charge in [0.05, 0.1) is 16.9 Å². The molecule has 0 saturated carbocycles. The topological polar surface area (TPSA) is 174 Å². The van der Waals surface area contributed by atoms with E-state index in [1.165, 1.54) is 5.56 Å². The standard InChI is InChI=1S/C30H34N6O.C30H33N3O.C3H9N3Si.CH4.HI/c1-35(2)28(37)30(25-14-8-4-9-15-25,26-16-10-5-11-17-26)20-23-36-21-18-29(19-22-36,27-31-33-34-32-27)24-12-6-3-7-13-24;1-32(2)28(34)30(26-14-8-4-9-15-26,27-16-10-5-11-17-27)20-23-33-21-18-29(24-31,19-22-33)25-12-6-3-7-13-25;1-7(2,3)6-5-4;;/h3-17H,18-23H2,1-2H3,(H,31,32,33,34);3-17H,18-23H2,1-2H3;1-3H3;1H4;1H. The molecular formula is C64H81IN12O2Si. The Kier molecular flexibility index (Phi) is 23.5. The van der Waals surface area contributed by atoms with Crippen molar-refractivity contribution in [1.29, 1.82) is 5.26 Å². The summed E-state index contributed by atoms with van der Waals surface area (Å²) < 4.78 is 3.58. The number of piperidine rings is 2. The van der Waals surface area contributed by atoms with Gasteiger partial charge in [-0.25, -0.2) is 0 Å². The largest absolute Gasteiger partial charge is 0.348 e. The van der Waals surface area contributed by atoms with Crippen molar-refractivity contribution in [2.45, 2.75) is 87.3 Å². The second-order valence-corrected chi connectivity index (χ2v) is 26.5. The van der Waals surface area contributed by atoms with Gasteiger partial charge in [0.25, 0.3) is 0 Å². The first-order chi connectivity index (χ1) is 37.6. The predicted octanol–water partition coefficient (Wildman–Crippen LogP) is 12.4. The van der Waals surface area contributed by atoms with Gasteiger partial charge in [0.15, 0.2) is 5.82 Å². The van der Waals surface area contributed by atoms with Gasteiger partial charge in [-0.3, -0.25) is 9.59 Å². The first-order valence-corrected chi connectivity index (χ1v) is 30.5. The highest BCUT2D eigenvalue weighted by molar-refractivity contribution is 14.0. The number of H-pyrrole nitrogens is 1. The highest BCUT2D eigenvalue weighted by Gasteiger charge is 2.47. The van der Waals surface area contributed by atoms with Crippen molar-refractivity contribution in [2.24, 2.45) is 4.78 Å². The number of likely N-dealkylation sites (N-methyl/N-ethyl adjacent to an activating group) is 2. The first kappa shape index (κ1) is 63.8. The van der Waals surface area contributed by atoms with E-state index in [-0.39, 0.29) is 48.6 Å². The summed E-state index contributed by atoms with van der Waals surface area (Å²) in [5.41, 5.74) is 12.1. The number of likely N-dealkylation sites (tertiary alicyclic amines) is 2. The number of tetrazole rings is 1. The van der Waals surface area contributed by atoms with Crippen LogP contribution in [0.3, 0.4) is 0 Å². The summed E-state index contributed by atoms with van der Waals surface area (Å²) in [6, 6.07) is 64.1. The minimum Gasteiger partial charge on any atom is -0.348 e. The van der Waals surface area contributed by atoms with Crippen molar-refractivity contribution < 1.29 is 9.59 Å². The van der Waals surface area contributed by atoms with Crippen molar-refractivity contribution in [3.05, 3.63) is 232 Å². The molecule has 14 nitrogen and oxygen atoms in total. The summed E-state index contributed by atoms with van der Waals surface area (Å²) in [4.78, 5) is 38.8. The van der Waals surface area contributed by atoms with Crippen LogP contribution in [0.1, 0.15) is 85.2 Å². The van der Waals surface area contributed by atoms with Crippen LogP contribution in [0, 0.1) is 11.3 Å². The second kappa shape index (κ2) is 29.5. The maximum absolute atomic E-state index is 14.0. The van der Waals surface area contributed by atoms with E-state index in [2.05, 4.69) is 131 Å². The van der Waals surface area contributed by atoms with Crippen LogP contribution in [0.15, 0.2) is 187 Å². The average Bonchev–Trinajstić information content (AvgIpc) is 4.06. The van der Waals surface area contributed by atoms with E-state index in [0.717, 1.165) is 98.6 Å². The molecule has 0 bridgehead atoms. The molecule has 2 saturated heterocycles. The van der Waals surface area contributed by atoms with Crippen LogP contribution in [-0.2, 0) is 31.2 Å². The number of rotatable bonds is 16. The monoisotopic (exact) mass is 1200 g/mol. The fourth-order valence-corrected chi connectivity index (χ4v) is 11.6. The molecule has 0 radical (unpaired) electrons. The lowest BCUT2D eigenvalue weighted by Crippen LogP contribution is -2.49. The highest BCUT2D eigenvalue weighted by atomic mass is 127. The van der Waals surface area contributed by atoms with Crippen molar-refractivity contribution >= 4 is 44.0 Å². The molecule has 3 heterocycles. The molecule has 2 aliphatic rings. The van der Waals surface area contributed by atoms with Gasteiger partial charge in [-0.15, -0.1) is 39.0 Å². The van der Waals surface area contributed by atoms with Gasteiger partial charge < -0.3 is 19.6 Å². The molecule has 9 rings (SSSR count). The SMILES string of the molecule is C.CN(C)C(=O)C(CCN1CCC(C#N)(c2ccccc2)CC1)(c1ccccc1)c1ccccc1.CN(C)C(=O)C(CCN1CCC(c2ccccc2)(c2nn[nH]n2)CC1)(c1ccccc1)c1ccccc1.C[Si](C)(C)N=[N+]=[N-].I. The molecule has 420 valence electrons. The zero-order chi connectivity index (χ0) is 55.7. The van der Waals surface area contributed by atoms with Crippen LogP contribution in [0.2, 0.25) is 19.6 Å². The van der Waals surface area contributed by atoms with Crippen molar-refractivity contribution in [3.63, 3.8) is 0 Å². The Morgan fingerprint density at radius 2 is 0.950 bits per heavy atom. The van der Waals surface area contributed by atoms with Crippen molar-refractivity contribution in [3.8, 4) is 6.07 Å². The minimum atomic E-state index is -1.45. The number of hydrogen-bond donors (Lipinski definition) is 1. The first-order valence-electron chi connectivity index (χ1n) is 27.1. The van der Waals surface area contributed by atoms with E-state index in [0.29, 0.717) is 12.8 Å². The van der Waals surface area contributed by atoms with Crippen LogP contribution in [0.5, 0.6) is 0 Å². The molecule has 2 amide bonds. The highest BCUT2D eigenvalue weighted by Crippen LogP contribution is 2.43. The van der Waals surface area contributed by atoms with Gasteiger partial charge in [0, 0.05) is 28.2 Å². The number of nitrogens with one attached hydrogen (secondary N) is 1. The van der Waals surface area contributed by atoms with E-state index < -0.39 is 24.5 Å². The number of amides is 2. The molecule has 0 atom stereocenters. The zero-order valence-electron chi connectivity index (χ0n) is 46.9. The van der Waals surface area contributed by atoms with E-state index >= 15 is 0 Å². The number of carbonyl (C=O) groups is 2. The Balaban J connectivity index is 0.000000258. The van der Waals surface area contributed by atoms with E-state index in [1.54, 1.807) is 9.80 Å². The Labute approximate surface area is 493 Å². The lowest BCUT2D eigenvalue weighted by Gasteiger charge is -2.42. The summed E-state index contributed by atoms with van der Waals surface area (Å²) in [6.07, 6.45) is 4.77. The van der Waals surface area contributed by atoms with Crippen LogP contribution < -0.4 is 0 Å². The van der Waals surface area contributed by atoms with Crippen molar-refractivity contribution in [1.82, 2.24) is 40.2 Å². The molecule has 0 spiro atoms. The number of aromatic nitrogens is 4. The molecule has 6 aromatic carbocycles. The summed E-state index contributed by atoms with van der Waals surface area (Å²) >= 11 is 0. The van der Waals surface area contributed by atoms with Crippen LogP contribution in [0.4, 0.5) is 0 Å². The smallest absolute Gasteiger partial charge is 0.237 e. The fourth-order valence-electron chi connectivity index (χ4n) is 11.4. The lowest BCUT2D eigenvalue weighted by molar-refractivity contribution is -0.134. The van der Waals surface area contributed by atoms with E-state index in [9.17, 15) is 14.9 Å². The molecule has 1 aromatic heterocycles. The van der Waals surface area contributed by atoms with Gasteiger partial charge in [-0.1, -0.05) is 214 Å². The number of azide groups is 1. The summed E-state index contributed by atoms with van der Waals surface area (Å²) in [5.74, 6) is 0.953. The molecule has 1 N–H and O–H groups in total.